The second kappa shape index (κ2) is 17.0. The molecule has 0 aromatic heterocycles. The molecule has 3 N–H and O–H groups in total. The zero-order valence-corrected chi connectivity index (χ0v) is 26.8. The number of hydrogen-bond donors (Lipinski definition) is 2. The summed E-state index contributed by atoms with van der Waals surface area (Å²) in [6, 6.07) is 19.5. The van der Waals surface area contributed by atoms with Crippen LogP contribution in [0.5, 0.6) is 0 Å². The standard InChI is InChI=1S/C32H49N5O6/c1-25(21-35(4)42-34-3)23-40-31(38)30(32(39)41-24-26(2)22-37(8,33)43-36(5,6)7)20-19-29(27-15-11-9-12-16-27)28-17-13-10-14-18-28/h9-20,25-26,34H,21-24,33H2,1-8H3/q+2/b30-20+. The van der Waals surface area contributed by atoms with Crippen molar-refractivity contribution in [2.24, 2.45) is 17.7 Å². The second-order valence-corrected chi connectivity index (χ2v) is 11.7. The highest BCUT2D eigenvalue weighted by atomic mass is 16.9. The van der Waals surface area contributed by atoms with Gasteiger partial charge < -0.3 is 9.47 Å². The molecule has 11 nitrogen and oxygen atoms in total. The molecule has 0 saturated heterocycles. The molecule has 2 aromatic rings. The van der Waals surface area contributed by atoms with Crippen molar-refractivity contribution in [3.63, 3.8) is 0 Å². The van der Waals surface area contributed by atoms with Gasteiger partial charge >= 0.3 is 11.9 Å². The average molecular weight is 600 g/mol. The Balaban J connectivity index is 2.31. The van der Waals surface area contributed by atoms with Crippen LogP contribution in [0.25, 0.3) is 5.57 Å². The lowest BCUT2D eigenvalue weighted by atomic mass is 9.97. The topological polar surface area (TPSA) is 112 Å². The van der Waals surface area contributed by atoms with Crippen molar-refractivity contribution in [2.75, 3.05) is 68.6 Å². The molecule has 0 aliphatic carbocycles. The van der Waals surface area contributed by atoms with Gasteiger partial charge in [0.25, 0.3) is 0 Å². The van der Waals surface area contributed by atoms with E-state index in [1.54, 1.807) is 32.3 Å². The normalized spacial score (nSPS) is 14.9. The molecule has 236 valence electrons. The highest BCUT2D eigenvalue weighted by Gasteiger charge is 2.32. The number of hydroxylamine groups is 8. The SMILES string of the molecule is CNON(C)CC(C)COC(=O)/C(=C\C=C(c1ccccc1)c1ccccc1)C(=O)OCC(C)C[N+](C)(N)O[N+](C)(C)C. The molecule has 0 saturated carbocycles. The molecule has 0 radical (unpaired) electrons. The van der Waals surface area contributed by atoms with Crippen LogP contribution in [0.1, 0.15) is 25.0 Å². The fourth-order valence-electron chi connectivity index (χ4n) is 4.52. The van der Waals surface area contributed by atoms with Crippen LogP contribution >= 0.6 is 0 Å². The Bertz CT molecular complexity index is 1170. The number of quaternary nitrogens is 2. The summed E-state index contributed by atoms with van der Waals surface area (Å²) in [6.07, 6.45) is 3.21. The summed E-state index contributed by atoms with van der Waals surface area (Å²) in [4.78, 5) is 37.7. The molecule has 2 aromatic carbocycles. The molecule has 2 rings (SSSR count). The highest BCUT2D eigenvalue weighted by molar-refractivity contribution is 6.14. The van der Waals surface area contributed by atoms with Crippen molar-refractivity contribution < 1.29 is 38.3 Å². The van der Waals surface area contributed by atoms with Gasteiger partial charge in [-0.3, -0.25) is 0 Å². The minimum Gasteiger partial charge on any atom is -0.462 e. The molecule has 0 aliphatic heterocycles. The minimum absolute atomic E-state index is 0.0332. The molecule has 0 heterocycles. The van der Waals surface area contributed by atoms with Crippen molar-refractivity contribution in [1.82, 2.24) is 10.5 Å². The van der Waals surface area contributed by atoms with Crippen LogP contribution in [-0.2, 0) is 28.9 Å². The van der Waals surface area contributed by atoms with Gasteiger partial charge in [-0.2, -0.15) is 10.5 Å². The van der Waals surface area contributed by atoms with E-state index >= 15 is 0 Å². The average Bonchev–Trinajstić information content (AvgIpc) is 2.92. The highest BCUT2D eigenvalue weighted by Crippen LogP contribution is 2.24. The third kappa shape index (κ3) is 13.6. The third-order valence-electron chi connectivity index (χ3n) is 5.95. The van der Waals surface area contributed by atoms with Crippen LogP contribution in [0.4, 0.5) is 0 Å². The zero-order chi connectivity index (χ0) is 32.0. The quantitative estimate of drug-likeness (QED) is 0.0414. The molecule has 0 amide bonds. The van der Waals surface area contributed by atoms with E-state index in [0.29, 0.717) is 13.1 Å². The van der Waals surface area contributed by atoms with Gasteiger partial charge in [0.15, 0.2) is 0 Å². The fourth-order valence-corrected chi connectivity index (χ4v) is 4.52. The van der Waals surface area contributed by atoms with E-state index in [0.717, 1.165) is 16.7 Å². The summed E-state index contributed by atoms with van der Waals surface area (Å²) in [5.74, 6) is 4.50. The van der Waals surface area contributed by atoms with Crippen LogP contribution in [-0.4, -0.2) is 95.0 Å². The zero-order valence-electron chi connectivity index (χ0n) is 26.8. The summed E-state index contributed by atoms with van der Waals surface area (Å²) in [6.45, 7) is 4.79. The lowest BCUT2D eigenvalue weighted by molar-refractivity contribution is -1.33. The predicted octanol–water partition coefficient (Wildman–Crippen LogP) is 3.27. The van der Waals surface area contributed by atoms with Crippen LogP contribution in [0.15, 0.2) is 78.4 Å². The number of nitrogens with one attached hydrogen (secondary N) is 1. The first-order chi connectivity index (χ1) is 20.2. The molecule has 0 aliphatic rings. The number of benzene rings is 2. The Morgan fingerprint density at radius 1 is 0.860 bits per heavy atom. The number of allylic oxidation sites excluding steroid dienone is 2. The summed E-state index contributed by atoms with van der Waals surface area (Å²) in [5, 5.41) is 1.59. The number of carbonyl (C=O) groups is 2. The third-order valence-corrected chi connectivity index (χ3v) is 5.95. The maximum Gasteiger partial charge on any atom is 0.345 e. The van der Waals surface area contributed by atoms with Gasteiger partial charge in [-0.05, 0) is 22.8 Å². The Morgan fingerprint density at radius 3 is 1.81 bits per heavy atom. The molecule has 3 atom stereocenters. The van der Waals surface area contributed by atoms with Crippen LogP contribution in [0.2, 0.25) is 0 Å². The van der Waals surface area contributed by atoms with Crippen molar-refractivity contribution >= 4 is 17.5 Å². The molecular weight excluding hydrogens is 550 g/mol. The maximum atomic E-state index is 13.3. The van der Waals surface area contributed by atoms with E-state index in [1.165, 1.54) is 6.08 Å². The Labute approximate surface area is 256 Å². The minimum atomic E-state index is -0.782. The lowest BCUT2D eigenvalue weighted by Gasteiger charge is -2.31. The van der Waals surface area contributed by atoms with E-state index in [2.05, 4.69) is 5.48 Å². The fraction of sp³-hybridized carbons (Fsp3) is 0.438. The smallest absolute Gasteiger partial charge is 0.345 e. The van der Waals surface area contributed by atoms with Gasteiger partial charge in [-0.25, -0.2) is 14.5 Å². The Morgan fingerprint density at radius 2 is 1.35 bits per heavy atom. The van der Waals surface area contributed by atoms with Gasteiger partial charge in [-0.1, -0.05) is 85.3 Å². The monoisotopic (exact) mass is 599 g/mol. The number of nitrogens with zero attached hydrogens (tertiary/aromatic N) is 3. The van der Waals surface area contributed by atoms with E-state index < -0.39 is 11.9 Å². The summed E-state index contributed by atoms with van der Waals surface area (Å²) in [7, 11) is 10.7. The van der Waals surface area contributed by atoms with Crippen LogP contribution in [0, 0.1) is 11.8 Å². The lowest BCUT2D eigenvalue weighted by Crippen LogP contribution is -2.60. The molecule has 43 heavy (non-hydrogen) atoms. The maximum absolute atomic E-state index is 13.3. The number of rotatable bonds is 17. The Hall–Kier alpha value is -3.42. The van der Waals surface area contributed by atoms with Gasteiger partial charge in [0.05, 0.1) is 13.2 Å². The predicted molar refractivity (Wildman–Crippen MR) is 165 cm³/mol. The molecule has 3 unspecified atom stereocenters. The summed E-state index contributed by atoms with van der Waals surface area (Å²) < 4.78 is 11.2. The number of nitrogens with two attached hydrogens (primary N) is 1. The van der Waals surface area contributed by atoms with Crippen molar-refractivity contribution in [1.29, 1.82) is 0 Å². The molecule has 0 bridgehead atoms. The molecule has 0 spiro atoms. The van der Waals surface area contributed by atoms with Gasteiger partial charge in [0.1, 0.15) is 40.3 Å². The first-order valence-electron chi connectivity index (χ1n) is 14.3. The van der Waals surface area contributed by atoms with E-state index in [4.69, 9.17) is 25.2 Å². The van der Waals surface area contributed by atoms with Gasteiger partial charge in [-0.15, -0.1) is 10.5 Å². The molecule has 0 fully saturated rings. The van der Waals surface area contributed by atoms with Crippen molar-refractivity contribution in [3.05, 3.63) is 89.5 Å². The number of hydrogen-bond acceptors (Lipinski definition) is 9. The summed E-state index contributed by atoms with van der Waals surface area (Å²) >= 11 is 0. The van der Waals surface area contributed by atoms with Gasteiger partial charge in [0, 0.05) is 37.4 Å². The van der Waals surface area contributed by atoms with E-state index in [9.17, 15) is 9.59 Å². The van der Waals surface area contributed by atoms with Crippen molar-refractivity contribution in [2.45, 2.75) is 13.8 Å². The van der Waals surface area contributed by atoms with Crippen LogP contribution in [0.3, 0.4) is 0 Å². The number of esters is 2. The van der Waals surface area contributed by atoms with Gasteiger partial charge in [0.2, 0.25) is 0 Å². The first kappa shape index (κ1) is 35.8. The first-order valence-corrected chi connectivity index (χ1v) is 14.3. The van der Waals surface area contributed by atoms with E-state index in [1.807, 2.05) is 95.7 Å². The van der Waals surface area contributed by atoms with E-state index in [-0.39, 0.29) is 40.0 Å². The number of carbonyl (C=O) groups excluding carboxylic acids is 2. The van der Waals surface area contributed by atoms with Crippen molar-refractivity contribution in [3.8, 4) is 0 Å². The second-order valence-electron chi connectivity index (χ2n) is 11.7. The summed E-state index contributed by atoms with van der Waals surface area (Å²) in [5.41, 5.74) is 5.08. The molecule has 11 heteroatoms. The van der Waals surface area contributed by atoms with Crippen LogP contribution < -0.4 is 11.3 Å². The molecular formula is C32H49N5O6+2. The number of ether oxygens (including phenoxy) is 2. The Kier molecular flexibility index (Phi) is 14.2. The largest absolute Gasteiger partial charge is 0.462 e.